The molecule has 5 heteroatoms. The third-order valence-electron chi connectivity index (χ3n) is 3.88. The van der Waals surface area contributed by atoms with Gasteiger partial charge in [-0.3, -0.25) is 9.69 Å². The summed E-state index contributed by atoms with van der Waals surface area (Å²) in [7, 11) is 0. The van der Waals surface area contributed by atoms with Crippen LogP contribution in [0.15, 0.2) is 42.9 Å². The molecule has 0 bridgehead atoms. The van der Waals surface area contributed by atoms with E-state index in [1.165, 1.54) is 44.2 Å². The maximum atomic E-state index is 12.0. The Kier molecular flexibility index (Phi) is 4.75. The zero-order valence-corrected chi connectivity index (χ0v) is 12.5. The minimum Gasteiger partial charge on any atom is -0.321 e. The Morgan fingerprint density at radius 1 is 1.09 bits per heavy atom. The van der Waals surface area contributed by atoms with Crippen molar-refractivity contribution in [2.75, 3.05) is 18.4 Å². The zero-order valence-electron chi connectivity index (χ0n) is 12.5. The number of carbonyl (C=O) groups is 1. The largest absolute Gasteiger partial charge is 0.321 e. The fourth-order valence-electron chi connectivity index (χ4n) is 2.69. The quantitative estimate of drug-likeness (QED) is 0.942. The molecule has 5 nitrogen and oxygen atoms in total. The molecule has 1 aromatic carbocycles. The second-order valence-corrected chi connectivity index (χ2v) is 5.58. The Bertz CT molecular complexity index is 606. The molecule has 2 aromatic rings. The molecule has 0 saturated carbocycles. The van der Waals surface area contributed by atoms with Crippen LogP contribution >= 0.6 is 0 Å². The Balaban J connectivity index is 1.58. The standard InChI is InChI=1S/C17H20N4O/c22-17(16-8-9-18-13-19-16)20-15-6-4-14(5-7-15)12-21-10-2-1-3-11-21/h4-9,13H,1-3,10-12H2,(H,20,22). The first-order valence-electron chi connectivity index (χ1n) is 7.70. The van der Waals surface area contributed by atoms with E-state index < -0.39 is 0 Å². The fourth-order valence-corrected chi connectivity index (χ4v) is 2.69. The number of rotatable bonds is 4. The normalized spacial score (nSPS) is 15.5. The van der Waals surface area contributed by atoms with Crippen molar-refractivity contribution in [1.82, 2.24) is 14.9 Å². The highest BCUT2D eigenvalue weighted by molar-refractivity contribution is 6.02. The topological polar surface area (TPSA) is 58.1 Å². The van der Waals surface area contributed by atoms with Gasteiger partial charge in [0, 0.05) is 18.4 Å². The summed E-state index contributed by atoms with van der Waals surface area (Å²) in [4.78, 5) is 22.2. The molecule has 3 rings (SSSR count). The minimum absolute atomic E-state index is 0.216. The molecule has 1 aliphatic heterocycles. The van der Waals surface area contributed by atoms with Crippen molar-refractivity contribution >= 4 is 11.6 Å². The van der Waals surface area contributed by atoms with Gasteiger partial charge in [0.05, 0.1) is 0 Å². The van der Waals surface area contributed by atoms with Crippen LogP contribution in [-0.4, -0.2) is 33.9 Å². The number of aromatic nitrogens is 2. The molecule has 1 amide bonds. The van der Waals surface area contributed by atoms with Crippen LogP contribution < -0.4 is 5.32 Å². The van der Waals surface area contributed by atoms with Gasteiger partial charge >= 0.3 is 0 Å². The van der Waals surface area contributed by atoms with Crippen molar-refractivity contribution in [3.63, 3.8) is 0 Å². The van der Waals surface area contributed by atoms with Crippen molar-refractivity contribution in [2.45, 2.75) is 25.8 Å². The summed E-state index contributed by atoms with van der Waals surface area (Å²) < 4.78 is 0. The number of hydrogen-bond donors (Lipinski definition) is 1. The van der Waals surface area contributed by atoms with Gasteiger partial charge in [0.2, 0.25) is 0 Å². The van der Waals surface area contributed by atoms with E-state index in [4.69, 9.17) is 0 Å². The van der Waals surface area contributed by atoms with Gasteiger partial charge in [0.1, 0.15) is 12.0 Å². The number of piperidine rings is 1. The third kappa shape index (κ3) is 3.89. The monoisotopic (exact) mass is 296 g/mol. The predicted octanol–water partition coefficient (Wildman–Crippen LogP) is 2.71. The van der Waals surface area contributed by atoms with E-state index in [9.17, 15) is 4.79 Å². The lowest BCUT2D eigenvalue weighted by Gasteiger charge is -2.26. The number of anilines is 1. The molecule has 0 spiro atoms. The van der Waals surface area contributed by atoms with E-state index in [2.05, 4.69) is 32.3 Å². The second-order valence-electron chi connectivity index (χ2n) is 5.58. The van der Waals surface area contributed by atoms with Crippen molar-refractivity contribution in [3.8, 4) is 0 Å². The van der Waals surface area contributed by atoms with Crippen LogP contribution in [0.2, 0.25) is 0 Å². The number of hydrogen-bond acceptors (Lipinski definition) is 4. The number of nitrogens with one attached hydrogen (secondary N) is 1. The zero-order chi connectivity index (χ0) is 15.2. The highest BCUT2D eigenvalue weighted by Crippen LogP contribution is 2.15. The second kappa shape index (κ2) is 7.13. The molecule has 2 heterocycles. The first-order valence-corrected chi connectivity index (χ1v) is 7.70. The molecule has 0 atom stereocenters. The van der Waals surface area contributed by atoms with Crippen LogP contribution in [0.3, 0.4) is 0 Å². The van der Waals surface area contributed by atoms with Crippen molar-refractivity contribution < 1.29 is 4.79 Å². The van der Waals surface area contributed by atoms with E-state index in [0.29, 0.717) is 5.69 Å². The van der Waals surface area contributed by atoms with Crippen LogP contribution in [0, 0.1) is 0 Å². The van der Waals surface area contributed by atoms with Gasteiger partial charge in [0.25, 0.3) is 5.91 Å². The maximum Gasteiger partial charge on any atom is 0.274 e. The van der Waals surface area contributed by atoms with E-state index >= 15 is 0 Å². The SMILES string of the molecule is O=C(Nc1ccc(CN2CCCCC2)cc1)c1ccncn1. The molecular weight excluding hydrogens is 276 g/mol. The van der Waals surface area contributed by atoms with Crippen LogP contribution in [0.25, 0.3) is 0 Å². The molecule has 0 unspecified atom stereocenters. The maximum absolute atomic E-state index is 12.0. The fraction of sp³-hybridized carbons (Fsp3) is 0.353. The molecule has 1 fully saturated rings. The molecule has 114 valence electrons. The molecule has 22 heavy (non-hydrogen) atoms. The average molecular weight is 296 g/mol. The summed E-state index contributed by atoms with van der Waals surface area (Å²) in [5, 5.41) is 2.85. The number of carbonyl (C=O) groups excluding carboxylic acids is 1. The summed E-state index contributed by atoms with van der Waals surface area (Å²) >= 11 is 0. The third-order valence-corrected chi connectivity index (χ3v) is 3.88. The molecule has 1 N–H and O–H groups in total. The lowest BCUT2D eigenvalue weighted by Crippen LogP contribution is -2.29. The predicted molar refractivity (Wildman–Crippen MR) is 85.6 cm³/mol. The van der Waals surface area contributed by atoms with Crippen LogP contribution in [0.4, 0.5) is 5.69 Å². The van der Waals surface area contributed by atoms with Crippen molar-refractivity contribution in [3.05, 3.63) is 54.1 Å². The van der Waals surface area contributed by atoms with E-state index in [0.717, 1.165) is 12.2 Å². The lowest BCUT2D eigenvalue weighted by atomic mass is 10.1. The number of amides is 1. The Morgan fingerprint density at radius 3 is 2.55 bits per heavy atom. The molecular formula is C17H20N4O. The van der Waals surface area contributed by atoms with Gasteiger partial charge in [-0.2, -0.15) is 0 Å². The molecule has 1 saturated heterocycles. The van der Waals surface area contributed by atoms with E-state index in [1.807, 2.05) is 12.1 Å². The van der Waals surface area contributed by atoms with Gasteiger partial charge in [0.15, 0.2) is 0 Å². The highest BCUT2D eigenvalue weighted by Gasteiger charge is 2.11. The van der Waals surface area contributed by atoms with E-state index in [1.54, 1.807) is 12.3 Å². The number of likely N-dealkylation sites (tertiary alicyclic amines) is 1. The average Bonchev–Trinajstić information content (AvgIpc) is 2.58. The van der Waals surface area contributed by atoms with E-state index in [-0.39, 0.29) is 5.91 Å². The first-order chi connectivity index (χ1) is 10.8. The van der Waals surface area contributed by atoms with Gasteiger partial charge < -0.3 is 5.32 Å². The molecule has 0 radical (unpaired) electrons. The van der Waals surface area contributed by atoms with Gasteiger partial charge in [-0.25, -0.2) is 9.97 Å². The summed E-state index contributed by atoms with van der Waals surface area (Å²) in [6.45, 7) is 3.36. The van der Waals surface area contributed by atoms with Crippen LogP contribution in [-0.2, 0) is 6.54 Å². The Morgan fingerprint density at radius 2 is 1.86 bits per heavy atom. The highest BCUT2D eigenvalue weighted by atomic mass is 16.1. The minimum atomic E-state index is -0.216. The smallest absolute Gasteiger partial charge is 0.274 e. The molecule has 1 aliphatic rings. The van der Waals surface area contributed by atoms with Gasteiger partial charge in [-0.05, 0) is 49.7 Å². The Labute approximate surface area is 130 Å². The van der Waals surface area contributed by atoms with Gasteiger partial charge in [-0.1, -0.05) is 18.6 Å². The summed E-state index contributed by atoms with van der Waals surface area (Å²) in [5.41, 5.74) is 2.43. The number of benzene rings is 1. The number of nitrogens with zero attached hydrogens (tertiary/aromatic N) is 3. The van der Waals surface area contributed by atoms with Crippen molar-refractivity contribution in [1.29, 1.82) is 0 Å². The van der Waals surface area contributed by atoms with Crippen LogP contribution in [0.1, 0.15) is 35.3 Å². The molecule has 1 aromatic heterocycles. The summed E-state index contributed by atoms with van der Waals surface area (Å²) in [6, 6.07) is 9.63. The Hall–Kier alpha value is -2.27. The van der Waals surface area contributed by atoms with Gasteiger partial charge in [-0.15, -0.1) is 0 Å². The van der Waals surface area contributed by atoms with Crippen molar-refractivity contribution in [2.24, 2.45) is 0 Å². The summed E-state index contributed by atoms with van der Waals surface area (Å²) in [6.07, 6.45) is 6.88. The van der Waals surface area contributed by atoms with Crippen LogP contribution in [0.5, 0.6) is 0 Å². The summed E-state index contributed by atoms with van der Waals surface area (Å²) in [5.74, 6) is -0.216. The molecule has 0 aliphatic carbocycles. The lowest BCUT2D eigenvalue weighted by molar-refractivity contribution is 0.102. The first kappa shape index (κ1) is 14.7.